The molecule has 1 saturated heterocycles. The minimum absolute atomic E-state index is 0.126. The summed E-state index contributed by atoms with van der Waals surface area (Å²) in [5.41, 5.74) is 1.92. The average Bonchev–Trinajstić information content (AvgIpc) is 2.68. The Morgan fingerprint density at radius 2 is 2.16 bits per heavy atom. The van der Waals surface area contributed by atoms with Gasteiger partial charge >= 0.3 is 0 Å². The van der Waals surface area contributed by atoms with Gasteiger partial charge in [-0.3, -0.25) is 4.90 Å². The Balaban J connectivity index is 1.61. The van der Waals surface area contributed by atoms with Gasteiger partial charge in [-0.05, 0) is 36.8 Å². The van der Waals surface area contributed by atoms with E-state index in [2.05, 4.69) is 33.0 Å². The predicted molar refractivity (Wildman–Crippen MR) is 96.2 cm³/mol. The van der Waals surface area contributed by atoms with Crippen LogP contribution in [0.2, 0.25) is 0 Å². The highest BCUT2D eigenvalue weighted by Crippen LogP contribution is 2.23. The molecule has 2 atom stereocenters. The molecule has 1 aromatic carbocycles. The molecule has 3 rings (SSSR count). The van der Waals surface area contributed by atoms with Crippen LogP contribution in [-0.2, 0) is 4.74 Å². The fraction of sp³-hybridized carbons (Fsp3) is 0.421. The van der Waals surface area contributed by atoms with Crippen molar-refractivity contribution >= 4 is 5.82 Å². The van der Waals surface area contributed by atoms with Gasteiger partial charge in [0.05, 0.1) is 24.3 Å². The van der Waals surface area contributed by atoms with E-state index in [9.17, 15) is 0 Å². The van der Waals surface area contributed by atoms with Crippen molar-refractivity contribution in [2.24, 2.45) is 0 Å². The molecular formula is C19H23N5O. The van der Waals surface area contributed by atoms with Crippen LogP contribution in [0.5, 0.6) is 0 Å². The second-order valence-electron chi connectivity index (χ2n) is 6.36. The number of nitriles is 1. The number of anilines is 1. The second-order valence-corrected chi connectivity index (χ2v) is 6.36. The third kappa shape index (κ3) is 4.32. The monoisotopic (exact) mass is 337 g/mol. The van der Waals surface area contributed by atoms with E-state index in [1.165, 1.54) is 5.56 Å². The molecule has 6 heteroatoms. The van der Waals surface area contributed by atoms with E-state index in [4.69, 9.17) is 10.00 Å². The number of benzene rings is 1. The standard InChI is InChI=1S/C19H23N5O/c1-15(17-7-5-16(12-20)6-8-17)24-10-11-25-18(14-24)13-23(2)19-4-3-9-21-22-19/h3-9,15,18H,10-11,13-14H2,1-2H3. The summed E-state index contributed by atoms with van der Waals surface area (Å²) < 4.78 is 5.95. The van der Waals surface area contributed by atoms with Crippen molar-refractivity contribution in [3.63, 3.8) is 0 Å². The first-order valence-electron chi connectivity index (χ1n) is 8.52. The largest absolute Gasteiger partial charge is 0.374 e. The number of likely N-dealkylation sites (N-methyl/N-ethyl adjacent to an activating group) is 1. The highest BCUT2D eigenvalue weighted by Gasteiger charge is 2.26. The maximum atomic E-state index is 8.94. The maximum absolute atomic E-state index is 8.94. The molecule has 1 aliphatic heterocycles. The molecule has 0 saturated carbocycles. The molecule has 0 bridgehead atoms. The van der Waals surface area contributed by atoms with Crippen LogP contribution >= 0.6 is 0 Å². The normalized spacial score (nSPS) is 19.2. The summed E-state index contributed by atoms with van der Waals surface area (Å²) in [4.78, 5) is 4.51. The number of ether oxygens (including phenoxy) is 1. The van der Waals surface area contributed by atoms with E-state index in [-0.39, 0.29) is 6.10 Å². The summed E-state index contributed by atoms with van der Waals surface area (Å²) in [7, 11) is 2.01. The molecule has 2 aromatic rings. The van der Waals surface area contributed by atoms with Gasteiger partial charge in [-0.1, -0.05) is 12.1 Å². The Morgan fingerprint density at radius 3 is 2.84 bits per heavy atom. The van der Waals surface area contributed by atoms with E-state index in [1.807, 2.05) is 43.4 Å². The Morgan fingerprint density at radius 1 is 1.36 bits per heavy atom. The minimum Gasteiger partial charge on any atom is -0.374 e. The van der Waals surface area contributed by atoms with Gasteiger partial charge in [-0.2, -0.15) is 10.4 Å². The molecule has 1 aromatic heterocycles. The van der Waals surface area contributed by atoms with E-state index < -0.39 is 0 Å². The first-order valence-corrected chi connectivity index (χ1v) is 8.52. The Hall–Kier alpha value is -2.49. The van der Waals surface area contributed by atoms with E-state index in [0.29, 0.717) is 11.6 Å². The number of morpholine rings is 1. The Bertz CT molecular complexity index is 713. The molecule has 0 spiro atoms. The fourth-order valence-corrected chi connectivity index (χ4v) is 3.15. The van der Waals surface area contributed by atoms with Crippen LogP contribution in [-0.4, -0.2) is 54.5 Å². The molecule has 25 heavy (non-hydrogen) atoms. The maximum Gasteiger partial charge on any atom is 0.151 e. The van der Waals surface area contributed by atoms with Crippen LogP contribution in [0.3, 0.4) is 0 Å². The molecule has 0 N–H and O–H groups in total. The predicted octanol–water partition coefficient (Wildman–Crippen LogP) is 2.25. The molecule has 6 nitrogen and oxygen atoms in total. The van der Waals surface area contributed by atoms with Gasteiger partial charge < -0.3 is 9.64 Å². The van der Waals surface area contributed by atoms with Gasteiger partial charge in [0.2, 0.25) is 0 Å². The van der Waals surface area contributed by atoms with Crippen molar-refractivity contribution in [3.8, 4) is 6.07 Å². The molecular weight excluding hydrogens is 314 g/mol. The van der Waals surface area contributed by atoms with Gasteiger partial charge in [0, 0.05) is 38.9 Å². The number of nitrogens with zero attached hydrogens (tertiary/aromatic N) is 5. The molecule has 0 amide bonds. The van der Waals surface area contributed by atoms with Gasteiger partial charge in [0.1, 0.15) is 0 Å². The van der Waals surface area contributed by atoms with Crippen LogP contribution in [0, 0.1) is 11.3 Å². The van der Waals surface area contributed by atoms with Gasteiger partial charge in [-0.15, -0.1) is 5.10 Å². The highest BCUT2D eigenvalue weighted by atomic mass is 16.5. The molecule has 1 aliphatic rings. The zero-order valence-electron chi connectivity index (χ0n) is 14.7. The van der Waals surface area contributed by atoms with Crippen LogP contribution in [0.1, 0.15) is 24.1 Å². The van der Waals surface area contributed by atoms with E-state index in [1.54, 1.807) is 6.20 Å². The average molecular weight is 337 g/mol. The van der Waals surface area contributed by atoms with Crippen molar-refractivity contribution < 1.29 is 4.74 Å². The lowest BCUT2D eigenvalue weighted by molar-refractivity contribution is -0.0368. The lowest BCUT2D eigenvalue weighted by atomic mass is 10.0. The lowest BCUT2D eigenvalue weighted by Gasteiger charge is -2.38. The molecule has 2 unspecified atom stereocenters. The van der Waals surface area contributed by atoms with Crippen LogP contribution < -0.4 is 4.90 Å². The molecule has 0 radical (unpaired) electrons. The molecule has 1 fully saturated rings. The lowest BCUT2D eigenvalue weighted by Crippen LogP contribution is -2.47. The zero-order valence-corrected chi connectivity index (χ0v) is 14.7. The summed E-state index contributed by atoms with van der Waals surface area (Å²) in [6, 6.07) is 14.1. The van der Waals surface area contributed by atoms with Gasteiger partial charge in [0.15, 0.2) is 5.82 Å². The fourth-order valence-electron chi connectivity index (χ4n) is 3.15. The summed E-state index contributed by atoms with van der Waals surface area (Å²) in [5.74, 6) is 0.850. The summed E-state index contributed by atoms with van der Waals surface area (Å²) in [6.45, 7) is 5.48. The number of rotatable bonds is 5. The molecule has 0 aliphatic carbocycles. The number of hydrogen-bond acceptors (Lipinski definition) is 6. The zero-order chi connectivity index (χ0) is 17.6. The van der Waals surface area contributed by atoms with Gasteiger partial charge in [0.25, 0.3) is 0 Å². The van der Waals surface area contributed by atoms with Crippen LogP contribution in [0.15, 0.2) is 42.6 Å². The van der Waals surface area contributed by atoms with Crippen molar-refractivity contribution in [2.75, 3.05) is 38.2 Å². The van der Waals surface area contributed by atoms with Crippen molar-refractivity contribution in [1.82, 2.24) is 15.1 Å². The van der Waals surface area contributed by atoms with E-state index >= 15 is 0 Å². The topological polar surface area (TPSA) is 65.3 Å². The Kier molecular flexibility index (Phi) is 5.59. The first-order chi connectivity index (χ1) is 12.2. The summed E-state index contributed by atoms with van der Waals surface area (Å²) >= 11 is 0. The third-order valence-corrected chi connectivity index (χ3v) is 4.67. The second kappa shape index (κ2) is 8.06. The quantitative estimate of drug-likeness (QED) is 0.834. The smallest absolute Gasteiger partial charge is 0.151 e. The summed E-state index contributed by atoms with van der Waals surface area (Å²) in [6.07, 6.45) is 1.80. The SMILES string of the molecule is CC(c1ccc(C#N)cc1)N1CCOC(CN(C)c2cccnn2)C1. The first kappa shape index (κ1) is 17.3. The Labute approximate surface area is 148 Å². The number of hydrogen-bond donors (Lipinski definition) is 0. The molecule has 2 heterocycles. The van der Waals surface area contributed by atoms with Crippen molar-refractivity contribution in [3.05, 3.63) is 53.7 Å². The van der Waals surface area contributed by atoms with Gasteiger partial charge in [-0.25, -0.2) is 0 Å². The van der Waals surface area contributed by atoms with Crippen molar-refractivity contribution in [1.29, 1.82) is 5.26 Å². The molecule has 130 valence electrons. The third-order valence-electron chi connectivity index (χ3n) is 4.67. The van der Waals surface area contributed by atoms with E-state index in [0.717, 1.165) is 32.1 Å². The van der Waals surface area contributed by atoms with Crippen LogP contribution in [0.4, 0.5) is 5.82 Å². The number of aromatic nitrogens is 2. The summed E-state index contributed by atoms with van der Waals surface area (Å²) in [5, 5.41) is 17.0. The van der Waals surface area contributed by atoms with Crippen LogP contribution in [0.25, 0.3) is 0 Å². The minimum atomic E-state index is 0.126. The highest BCUT2D eigenvalue weighted by molar-refractivity contribution is 5.35. The van der Waals surface area contributed by atoms with Crippen molar-refractivity contribution in [2.45, 2.75) is 19.1 Å².